The Morgan fingerprint density at radius 1 is 1.27 bits per heavy atom. The van der Waals surface area contributed by atoms with E-state index in [2.05, 4.69) is 18.8 Å². The van der Waals surface area contributed by atoms with Crippen LogP contribution in [0.1, 0.15) is 36.2 Å². The number of ether oxygens (including phenoxy) is 1. The Kier molecular flexibility index (Phi) is 6.55. The maximum Gasteiger partial charge on any atom is 0.445 e. The van der Waals surface area contributed by atoms with Crippen molar-refractivity contribution in [1.29, 1.82) is 0 Å². The standard InChI is InChI=1S/C22H26N3O4S/c1-13(2)10-16-11-23-19-17(20(26)25(4)22(28)24(19)3)18(16)30-12-14-6-8-15(9-7-14)21(27)29-5/h6-9,11,13,17H,10,12H2,1-5H3/q+1. The first-order chi connectivity index (χ1) is 14.2. The zero-order chi connectivity index (χ0) is 22.0. The number of aliphatic imine (C=N–C) groups is 1. The van der Waals surface area contributed by atoms with Gasteiger partial charge in [0, 0.05) is 10.7 Å². The molecule has 1 aromatic rings. The molecule has 0 fully saturated rings. The van der Waals surface area contributed by atoms with Crippen molar-refractivity contribution in [2.45, 2.75) is 26.0 Å². The van der Waals surface area contributed by atoms with Crippen LogP contribution in [0.2, 0.25) is 0 Å². The molecular formula is C22H26N3O4S+. The number of carbonyl (C=O) groups excluding carboxylic acids is 3. The zero-order valence-corrected chi connectivity index (χ0v) is 18.7. The number of esters is 1. The summed E-state index contributed by atoms with van der Waals surface area (Å²) in [5.74, 6) is 0.302. The van der Waals surface area contributed by atoms with Crippen LogP contribution in [0.15, 0.2) is 39.7 Å². The molecule has 3 rings (SSSR count). The summed E-state index contributed by atoms with van der Waals surface area (Å²) in [5.41, 5.74) is 2.55. The summed E-state index contributed by atoms with van der Waals surface area (Å²) in [4.78, 5) is 43.5. The molecule has 0 saturated carbocycles. The first-order valence-electron chi connectivity index (χ1n) is 9.73. The second-order valence-corrected chi connectivity index (χ2v) is 8.77. The van der Waals surface area contributed by atoms with E-state index in [0.29, 0.717) is 23.1 Å². The number of rotatable bonds is 6. The molecule has 0 saturated heterocycles. The highest BCUT2D eigenvalue weighted by Crippen LogP contribution is 2.38. The van der Waals surface area contributed by atoms with Gasteiger partial charge in [0.2, 0.25) is 0 Å². The lowest BCUT2D eigenvalue weighted by atomic mass is 9.94. The molecule has 2 aliphatic heterocycles. The van der Waals surface area contributed by atoms with Crippen LogP contribution in [0, 0.1) is 11.8 Å². The van der Waals surface area contributed by atoms with Crippen LogP contribution < -0.4 is 0 Å². The Labute approximate surface area is 180 Å². The second-order valence-electron chi connectivity index (χ2n) is 7.75. The van der Waals surface area contributed by atoms with Crippen molar-refractivity contribution in [3.8, 4) is 0 Å². The molecule has 0 radical (unpaired) electrons. The maximum atomic E-state index is 13.0. The molecule has 7 nitrogen and oxygen atoms in total. The number of amides is 3. The number of allylic oxidation sites excluding steroid dienone is 1. The predicted molar refractivity (Wildman–Crippen MR) is 117 cm³/mol. The third-order valence-electron chi connectivity index (χ3n) is 5.08. The van der Waals surface area contributed by atoms with E-state index in [4.69, 9.17) is 4.74 Å². The van der Waals surface area contributed by atoms with Crippen LogP contribution in [0.3, 0.4) is 0 Å². The van der Waals surface area contributed by atoms with E-state index in [9.17, 15) is 14.4 Å². The van der Waals surface area contributed by atoms with Crippen molar-refractivity contribution in [3.63, 3.8) is 0 Å². The van der Waals surface area contributed by atoms with Crippen molar-refractivity contribution >= 4 is 41.7 Å². The second kappa shape index (κ2) is 8.95. The molecule has 158 valence electrons. The number of hydrogen-bond donors (Lipinski definition) is 0. The minimum atomic E-state index is -0.573. The smallest absolute Gasteiger partial charge is 0.445 e. The molecule has 2 aliphatic rings. The fourth-order valence-corrected chi connectivity index (χ4v) is 4.69. The summed E-state index contributed by atoms with van der Waals surface area (Å²) < 4.78 is 6.18. The summed E-state index contributed by atoms with van der Waals surface area (Å²) in [5, 5.41) is 0. The van der Waals surface area contributed by atoms with E-state index >= 15 is 0 Å². The summed E-state index contributed by atoms with van der Waals surface area (Å²) in [6.45, 7) is 4.25. The van der Waals surface area contributed by atoms with Crippen LogP contribution in [-0.4, -0.2) is 60.6 Å². The van der Waals surface area contributed by atoms with Crippen molar-refractivity contribution in [2.75, 3.05) is 21.2 Å². The molecule has 1 unspecified atom stereocenters. The monoisotopic (exact) mass is 428 g/mol. The molecule has 0 aliphatic carbocycles. The van der Waals surface area contributed by atoms with Gasteiger partial charge in [-0.1, -0.05) is 26.0 Å². The van der Waals surface area contributed by atoms with Gasteiger partial charge < -0.3 is 4.74 Å². The number of carbonyl (C=O) groups is 3. The molecule has 2 heterocycles. The third-order valence-corrected chi connectivity index (χ3v) is 6.37. The first-order valence-corrected chi connectivity index (χ1v) is 10.7. The van der Waals surface area contributed by atoms with Gasteiger partial charge in [-0.25, -0.2) is 9.59 Å². The average molecular weight is 429 g/mol. The summed E-state index contributed by atoms with van der Waals surface area (Å²) >= 11 is 1.58. The minimum Gasteiger partial charge on any atom is -0.465 e. The van der Waals surface area contributed by atoms with Gasteiger partial charge in [-0.2, -0.15) is 9.48 Å². The van der Waals surface area contributed by atoms with Crippen molar-refractivity contribution in [2.24, 2.45) is 16.8 Å². The molecule has 0 aromatic heterocycles. The number of amidine groups is 1. The lowest BCUT2D eigenvalue weighted by Gasteiger charge is -2.28. The topological polar surface area (TPSA) is 79.0 Å². The highest BCUT2D eigenvalue weighted by Gasteiger charge is 2.48. The molecule has 0 spiro atoms. The highest BCUT2D eigenvalue weighted by molar-refractivity contribution is 8.02. The minimum absolute atomic E-state index is 0.255. The molecule has 3 amide bonds. The molecular weight excluding hydrogens is 402 g/mol. The number of methoxy groups -OCH3 is 1. The van der Waals surface area contributed by atoms with Gasteiger partial charge >= 0.3 is 17.9 Å². The van der Waals surface area contributed by atoms with Crippen LogP contribution in [0.25, 0.3) is 0 Å². The Bertz CT molecular complexity index is 977. The number of hydrogen-bond acceptors (Lipinski definition) is 6. The summed E-state index contributed by atoms with van der Waals surface area (Å²) in [6.07, 6.45) is 2.59. The lowest BCUT2D eigenvalue weighted by molar-refractivity contribution is -0.407. The van der Waals surface area contributed by atoms with E-state index in [1.807, 2.05) is 12.1 Å². The number of imide groups is 1. The number of urea groups is 1. The number of nitrogens with zero attached hydrogens (tertiary/aromatic N) is 3. The van der Waals surface area contributed by atoms with Crippen molar-refractivity contribution in [3.05, 3.63) is 45.9 Å². The Morgan fingerprint density at radius 3 is 2.53 bits per heavy atom. The van der Waals surface area contributed by atoms with E-state index in [0.717, 1.165) is 27.4 Å². The molecule has 30 heavy (non-hydrogen) atoms. The molecule has 0 bridgehead atoms. The third kappa shape index (κ3) is 4.23. The normalized spacial score (nSPS) is 19.0. The summed E-state index contributed by atoms with van der Waals surface area (Å²) in [7, 11) is 4.51. The maximum absolute atomic E-state index is 13.0. The average Bonchev–Trinajstić information content (AvgIpc) is 2.74. The number of thioether (sulfide) groups is 1. The van der Waals surface area contributed by atoms with Gasteiger partial charge in [-0.15, -0.1) is 16.8 Å². The first kappa shape index (κ1) is 22.0. The predicted octanol–water partition coefficient (Wildman–Crippen LogP) is 3.34. The molecule has 1 atom stereocenters. The fraction of sp³-hybridized carbons (Fsp3) is 0.409. The molecule has 1 aromatic carbocycles. The van der Waals surface area contributed by atoms with Crippen LogP contribution >= 0.6 is 11.8 Å². The van der Waals surface area contributed by atoms with E-state index in [-0.39, 0.29) is 17.9 Å². The molecule has 8 heteroatoms. The Hall–Kier alpha value is -2.74. The van der Waals surface area contributed by atoms with E-state index in [1.54, 1.807) is 37.2 Å². The van der Waals surface area contributed by atoms with Gasteiger partial charge in [-0.3, -0.25) is 4.79 Å². The molecule has 0 N–H and O–H groups in total. The van der Waals surface area contributed by atoms with Crippen LogP contribution in [0.5, 0.6) is 0 Å². The van der Waals surface area contributed by atoms with Crippen LogP contribution in [0.4, 0.5) is 4.79 Å². The van der Waals surface area contributed by atoms with Gasteiger partial charge in [0.15, 0.2) is 5.92 Å². The number of benzene rings is 1. The van der Waals surface area contributed by atoms with Gasteiger partial charge in [0.25, 0.3) is 5.84 Å². The van der Waals surface area contributed by atoms with E-state index < -0.39 is 5.92 Å². The largest absolute Gasteiger partial charge is 0.465 e. The van der Waals surface area contributed by atoms with Gasteiger partial charge in [0.1, 0.15) is 6.21 Å². The van der Waals surface area contributed by atoms with E-state index in [1.165, 1.54) is 18.7 Å². The Balaban J connectivity index is 1.92. The van der Waals surface area contributed by atoms with Gasteiger partial charge in [0.05, 0.1) is 26.8 Å². The highest BCUT2D eigenvalue weighted by atomic mass is 32.2. The number of fused-ring (bicyclic) bond motifs is 1. The quantitative estimate of drug-likeness (QED) is 0.513. The number of dihydropyridines is 1. The zero-order valence-electron chi connectivity index (χ0n) is 17.8. The van der Waals surface area contributed by atoms with Crippen molar-refractivity contribution < 1.29 is 23.7 Å². The van der Waals surface area contributed by atoms with Crippen LogP contribution in [-0.2, 0) is 15.3 Å². The fourth-order valence-electron chi connectivity index (χ4n) is 3.48. The Morgan fingerprint density at radius 2 is 1.93 bits per heavy atom. The van der Waals surface area contributed by atoms with Gasteiger partial charge in [-0.05, 0) is 35.6 Å². The SMILES string of the molecule is COC(=O)c1ccc(CSC2=C(CC(C)C)C=NC3=[N+](C)C(=O)N(C)C(=O)C23)cc1. The van der Waals surface area contributed by atoms with Crippen molar-refractivity contribution in [1.82, 2.24) is 4.90 Å². The lowest BCUT2D eigenvalue weighted by Crippen LogP contribution is -2.52. The summed E-state index contributed by atoms with van der Waals surface area (Å²) in [6, 6.07) is 6.86.